The van der Waals surface area contributed by atoms with Crippen LogP contribution in [-0.4, -0.2) is 37.8 Å². The van der Waals surface area contributed by atoms with Gasteiger partial charge in [-0.05, 0) is 38.5 Å². The largest absolute Gasteiger partial charge is 0.492 e. The van der Waals surface area contributed by atoms with Crippen molar-refractivity contribution >= 4 is 27.4 Å². The van der Waals surface area contributed by atoms with Gasteiger partial charge in [0, 0.05) is 25.7 Å². The Bertz CT molecular complexity index is 1070. The van der Waals surface area contributed by atoms with E-state index in [2.05, 4.69) is 5.10 Å². The molecule has 0 N–H and O–H groups in total. The Morgan fingerprint density at radius 3 is 2.46 bits per heavy atom. The van der Waals surface area contributed by atoms with Crippen LogP contribution in [0.2, 0.25) is 0 Å². The first-order valence-corrected chi connectivity index (χ1v) is 10.4. The lowest BCUT2D eigenvalue weighted by molar-refractivity contribution is 0.0720. The Labute approximate surface area is 164 Å². The minimum atomic E-state index is -3.72. The Morgan fingerprint density at radius 2 is 1.89 bits per heavy atom. The minimum absolute atomic E-state index is 0.227. The zero-order chi connectivity index (χ0) is 20.6. The maximum absolute atomic E-state index is 12.9. The molecular formula is C19H23N3O5S. The number of benzene rings is 1. The maximum atomic E-state index is 12.9. The van der Waals surface area contributed by atoms with Crippen molar-refractivity contribution in [3.8, 4) is 5.88 Å². The highest BCUT2D eigenvalue weighted by molar-refractivity contribution is 7.96. The number of aryl methyl sites for hydroxylation is 2. The molecule has 8 nitrogen and oxygen atoms in total. The summed E-state index contributed by atoms with van der Waals surface area (Å²) in [5, 5.41) is 4.14. The lowest BCUT2D eigenvalue weighted by Crippen LogP contribution is -2.33. The summed E-state index contributed by atoms with van der Waals surface area (Å²) in [6, 6.07) is 6.44. The summed E-state index contributed by atoms with van der Waals surface area (Å²) < 4.78 is 39.4. The van der Waals surface area contributed by atoms with Crippen LogP contribution in [0.4, 0.5) is 5.69 Å². The molecule has 2 aromatic rings. The van der Waals surface area contributed by atoms with Crippen LogP contribution in [0, 0.1) is 6.92 Å². The van der Waals surface area contributed by atoms with Gasteiger partial charge in [0.1, 0.15) is 10.7 Å². The number of hydrogen-bond donors (Lipinski definition) is 0. The summed E-state index contributed by atoms with van der Waals surface area (Å²) in [7, 11) is -0.581. The fourth-order valence-electron chi connectivity index (χ4n) is 3.16. The van der Waals surface area contributed by atoms with Crippen molar-refractivity contribution in [1.82, 2.24) is 9.78 Å². The van der Waals surface area contributed by atoms with Gasteiger partial charge in [-0.2, -0.15) is 5.10 Å². The van der Waals surface area contributed by atoms with Crippen LogP contribution in [0.15, 0.2) is 29.2 Å². The van der Waals surface area contributed by atoms with Crippen LogP contribution >= 0.6 is 0 Å². The molecule has 0 fully saturated rings. The van der Waals surface area contributed by atoms with Crippen molar-refractivity contribution in [3.63, 3.8) is 0 Å². The van der Waals surface area contributed by atoms with Crippen LogP contribution in [0.3, 0.4) is 0 Å². The third-order valence-corrected chi connectivity index (χ3v) is 6.52. The normalized spacial score (nSPS) is 15.4. The van der Waals surface area contributed by atoms with Crippen LogP contribution in [-0.2, 0) is 21.8 Å². The second-order valence-electron chi connectivity index (χ2n) is 6.38. The van der Waals surface area contributed by atoms with Crippen LogP contribution in [0.1, 0.15) is 41.9 Å². The minimum Gasteiger partial charge on any atom is -0.492 e. The molecule has 28 heavy (non-hydrogen) atoms. The Balaban J connectivity index is 2.05. The number of anilines is 1. The topological polar surface area (TPSA) is 90.7 Å². The SMILES string of the molecule is CCOC1=C(CC)S(=O)(=O)N(C)c2cc(C(=O)Oc3cc(C)nn3C)ccc21. The van der Waals surface area contributed by atoms with Crippen molar-refractivity contribution in [2.24, 2.45) is 7.05 Å². The number of rotatable bonds is 5. The zero-order valence-corrected chi connectivity index (χ0v) is 17.3. The first-order chi connectivity index (χ1) is 13.2. The number of allylic oxidation sites excluding steroid dienone is 1. The van der Waals surface area contributed by atoms with Gasteiger partial charge >= 0.3 is 5.97 Å². The van der Waals surface area contributed by atoms with Gasteiger partial charge in [-0.1, -0.05) is 6.92 Å². The number of aromatic nitrogens is 2. The molecule has 0 bridgehead atoms. The molecular weight excluding hydrogens is 382 g/mol. The number of fused-ring (bicyclic) bond motifs is 1. The Kier molecular flexibility index (Phi) is 5.20. The van der Waals surface area contributed by atoms with Gasteiger partial charge in [0.05, 0.1) is 23.6 Å². The van der Waals surface area contributed by atoms with E-state index in [-0.39, 0.29) is 10.5 Å². The van der Waals surface area contributed by atoms with E-state index in [1.807, 2.05) is 0 Å². The van der Waals surface area contributed by atoms with E-state index in [1.165, 1.54) is 22.1 Å². The molecule has 3 rings (SSSR count). The molecule has 0 amide bonds. The number of carbonyl (C=O) groups excluding carboxylic acids is 1. The van der Waals surface area contributed by atoms with Crippen molar-refractivity contribution in [1.29, 1.82) is 0 Å². The van der Waals surface area contributed by atoms with Crippen molar-refractivity contribution in [2.45, 2.75) is 27.2 Å². The van der Waals surface area contributed by atoms with Gasteiger partial charge in [0.2, 0.25) is 5.88 Å². The summed E-state index contributed by atoms with van der Waals surface area (Å²) >= 11 is 0. The molecule has 9 heteroatoms. The Hall–Kier alpha value is -2.81. The summed E-state index contributed by atoms with van der Waals surface area (Å²) in [5.74, 6) is 0.0458. The molecule has 1 aliphatic heterocycles. The molecule has 0 saturated carbocycles. The highest BCUT2D eigenvalue weighted by Gasteiger charge is 2.35. The highest BCUT2D eigenvalue weighted by Crippen LogP contribution is 2.40. The van der Waals surface area contributed by atoms with E-state index in [4.69, 9.17) is 9.47 Å². The third-order valence-electron chi connectivity index (χ3n) is 4.51. The number of hydrogen-bond acceptors (Lipinski definition) is 6. The lowest BCUT2D eigenvalue weighted by Gasteiger charge is -2.30. The standard InChI is InChI=1S/C19H23N3O5S/c1-6-16-18(26-7-2)14-9-8-13(11-15(14)22(5)28(16,24)25)19(23)27-17-10-12(3)20-21(17)4/h8-11H,6-7H2,1-5H3. The monoisotopic (exact) mass is 405 g/mol. The van der Waals surface area contributed by atoms with E-state index < -0.39 is 16.0 Å². The van der Waals surface area contributed by atoms with Gasteiger partial charge < -0.3 is 9.47 Å². The predicted molar refractivity (Wildman–Crippen MR) is 106 cm³/mol. The summed E-state index contributed by atoms with van der Waals surface area (Å²) in [5.41, 5.74) is 1.95. The number of carbonyl (C=O) groups is 1. The molecule has 0 unspecified atom stereocenters. The predicted octanol–water partition coefficient (Wildman–Crippen LogP) is 2.84. The first-order valence-electron chi connectivity index (χ1n) is 8.92. The first kappa shape index (κ1) is 19.9. The molecule has 1 aromatic carbocycles. The van der Waals surface area contributed by atoms with Gasteiger partial charge in [0.15, 0.2) is 0 Å². The molecule has 0 radical (unpaired) electrons. The molecule has 0 aliphatic carbocycles. The van der Waals surface area contributed by atoms with E-state index in [9.17, 15) is 13.2 Å². The summed E-state index contributed by atoms with van der Waals surface area (Å²) in [6.45, 7) is 5.70. The van der Waals surface area contributed by atoms with Gasteiger partial charge in [-0.25, -0.2) is 17.9 Å². The summed E-state index contributed by atoms with van der Waals surface area (Å²) in [6.07, 6.45) is 0.311. The average Bonchev–Trinajstić information content (AvgIpc) is 2.96. The lowest BCUT2D eigenvalue weighted by atomic mass is 10.1. The Morgan fingerprint density at radius 1 is 1.18 bits per heavy atom. The van der Waals surface area contributed by atoms with Gasteiger partial charge in [0.25, 0.3) is 10.0 Å². The fraction of sp³-hybridized carbons (Fsp3) is 0.368. The maximum Gasteiger partial charge on any atom is 0.344 e. The average molecular weight is 405 g/mol. The highest BCUT2D eigenvalue weighted by atomic mass is 32.2. The van der Waals surface area contributed by atoms with Gasteiger partial charge in [-0.3, -0.25) is 4.31 Å². The van der Waals surface area contributed by atoms with Crippen molar-refractivity contribution in [3.05, 3.63) is 46.0 Å². The number of nitrogens with zero attached hydrogens (tertiary/aromatic N) is 3. The molecule has 1 aliphatic rings. The van der Waals surface area contributed by atoms with Crippen molar-refractivity contribution < 1.29 is 22.7 Å². The van der Waals surface area contributed by atoms with E-state index in [1.54, 1.807) is 46.0 Å². The molecule has 0 spiro atoms. The van der Waals surface area contributed by atoms with Crippen molar-refractivity contribution in [2.75, 3.05) is 18.0 Å². The molecule has 150 valence electrons. The number of esters is 1. The molecule has 2 heterocycles. The second kappa shape index (κ2) is 7.31. The number of ether oxygens (including phenoxy) is 2. The second-order valence-corrected chi connectivity index (χ2v) is 8.37. The molecule has 0 saturated heterocycles. The van der Waals surface area contributed by atoms with E-state index in [0.29, 0.717) is 35.9 Å². The molecule has 1 aromatic heterocycles. The van der Waals surface area contributed by atoms with Crippen LogP contribution in [0.25, 0.3) is 5.76 Å². The van der Waals surface area contributed by atoms with Crippen LogP contribution < -0.4 is 9.04 Å². The number of sulfonamides is 1. The smallest absolute Gasteiger partial charge is 0.344 e. The zero-order valence-electron chi connectivity index (χ0n) is 16.5. The third kappa shape index (κ3) is 3.26. The quantitative estimate of drug-likeness (QED) is 0.711. The fourth-order valence-corrected chi connectivity index (χ4v) is 4.66. The van der Waals surface area contributed by atoms with E-state index >= 15 is 0 Å². The van der Waals surface area contributed by atoms with E-state index in [0.717, 1.165) is 5.69 Å². The summed E-state index contributed by atoms with van der Waals surface area (Å²) in [4.78, 5) is 12.8. The van der Waals surface area contributed by atoms with Crippen LogP contribution in [0.5, 0.6) is 5.88 Å². The molecule has 0 atom stereocenters. The van der Waals surface area contributed by atoms with Gasteiger partial charge in [-0.15, -0.1) is 0 Å².